The number of piperidine rings is 2. The zero-order valence-electron chi connectivity index (χ0n) is 20.3. The summed E-state index contributed by atoms with van der Waals surface area (Å²) in [6.07, 6.45) is 1.58. The average Bonchev–Trinajstić information content (AvgIpc) is 2.83. The summed E-state index contributed by atoms with van der Waals surface area (Å²) in [4.78, 5) is 20.8. The van der Waals surface area contributed by atoms with E-state index in [2.05, 4.69) is 57.2 Å². The maximum Gasteiger partial charge on any atom is 0.232 e. The highest BCUT2D eigenvalue weighted by molar-refractivity contribution is 5.85. The van der Waals surface area contributed by atoms with Crippen molar-refractivity contribution in [3.05, 3.63) is 48.0 Å². The summed E-state index contributed by atoms with van der Waals surface area (Å²) in [6, 6.07) is 14.7. The van der Waals surface area contributed by atoms with Crippen LogP contribution in [0.1, 0.15) is 18.4 Å². The molecule has 186 valence electrons. The maximum absolute atomic E-state index is 6.28. The first kappa shape index (κ1) is 23.7. The molecule has 2 saturated heterocycles. The summed E-state index contributed by atoms with van der Waals surface area (Å²) in [7, 11) is 2.01. The minimum Gasteiger partial charge on any atom is -0.339 e. The Morgan fingerprint density at radius 1 is 0.743 bits per heavy atom. The van der Waals surface area contributed by atoms with Gasteiger partial charge < -0.3 is 37.6 Å². The van der Waals surface area contributed by atoms with Crippen molar-refractivity contribution in [1.29, 1.82) is 0 Å². The Morgan fingerprint density at radius 3 is 1.83 bits per heavy atom. The fraction of sp³-hybridized carbons (Fsp3) is 0.480. The van der Waals surface area contributed by atoms with Crippen LogP contribution in [-0.4, -0.2) is 72.3 Å². The molecule has 35 heavy (non-hydrogen) atoms. The molecule has 0 bridgehead atoms. The van der Waals surface area contributed by atoms with Gasteiger partial charge in [-0.25, -0.2) is 0 Å². The SMILES string of the molecule is CN(Cc1cccc2ccccc12)c1nc(N2C[C@H](N)C[C@H](N)C2)nc(N2C[C@H](N)C[C@H](N)C2)n1. The van der Waals surface area contributed by atoms with E-state index in [1.54, 1.807) is 0 Å². The number of benzene rings is 2. The lowest BCUT2D eigenvalue weighted by Gasteiger charge is -2.37. The van der Waals surface area contributed by atoms with Crippen LogP contribution in [0.25, 0.3) is 10.8 Å². The quantitative estimate of drug-likeness (QED) is 0.407. The molecule has 0 radical (unpaired) electrons. The fourth-order valence-electron chi connectivity index (χ4n) is 5.24. The standard InChI is InChI=1S/C25H36N10/c1-33(11-17-7-4-6-16-5-2-3-8-22(16)17)23-30-24(34-12-18(26)9-19(27)13-34)32-25(31-23)35-14-20(28)10-21(29)15-35/h2-8,18-21H,9-15,26-29H2,1H3/t18-,19+,20-,21+. The molecule has 2 fully saturated rings. The van der Waals surface area contributed by atoms with Crippen LogP contribution in [0.5, 0.6) is 0 Å². The van der Waals surface area contributed by atoms with Crippen molar-refractivity contribution in [3.8, 4) is 0 Å². The molecule has 5 rings (SSSR count). The van der Waals surface area contributed by atoms with Crippen LogP contribution in [-0.2, 0) is 6.54 Å². The van der Waals surface area contributed by atoms with Crippen LogP contribution < -0.4 is 37.6 Å². The van der Waals surface area contributed by atoms with Crippen LogP contribution in [0, 0.1) is 0 Å². The van der Waals surface area contributed by atoms with Crippen molar-refractivity contribution in [1.82, 2.24) is 15.0 Å². The van der Waals surface area contributed by atoms with Crippen LogP contribution in [0.3, 0.4) is 0 Å². The van der Waals surface area contributed by atoms with Crippen molar-refractivity contribution in [2.75, 3.05) is 47.9 Å². The molecule has 0 aliphatic carbocycles. The predicted molar refractivity (Wildman–Crippen MR) is 141 cm³/mol. The number of anilines is 3. The number of aromatic nitrogens is 3. The van der Waals surface area contributed by atoms with E-state index in [4.69, 9.17) is 37.9 Å². The Morgan fingerprint density at radius 2 is 1.26 bits per heavy atom. The summed E-state index contributed by atoms with van der Waals surface area (Å²) < 4.78 is 0. The molecule has 4 atom stereocenters. The van der Waals surface area contributed by atoms with Gasteiger partial charge in [-0.05, 0) is 29.2 Å². The summed E-state index contributed by atoms with van der Waals surface area (Å²) in [6.45, 7) is 3.28. The van der Waals surface area contributed by atoms with E-state index in [9.17, 15) is 0 Å². The van der Waals surface area contributed by atoms with Gasteiger partial charge in [0.1, 0.15) is 0 Å². The lowest BCUT2D eigenvalue weighted by atomic mass is 10.0. The molecule has 1 aromatic heterocycles. The number of hydrogen-bond donors (Lipinski definition) is 4. The molecule has 3 heterocycles. The molecule has 10 heteroatoms. The predicted octanol–water partition coefficient (Wildman–Crippen LogP) is 0.391. The molecule has 2 aromatic carbocycles. The lowest BCUT2D eigenvalue weighted by molar-refractivity contribution is 0.441. The first-order valence-corrected chi connectivity index (χ1v) is 12.3. The molecule has 0 spiro atoms. The van der Waals surface area contributed by atoms with Crippen molar-refractivity contribution < 1.29 is 0 Å². The number of nitrogens with two attached hydrogens (primary N) is 4. The Labute approximate surface area is 206 Å². The second-order valence-corrected chi connectivity index (χ2v) is 10.1. The number of fused-ring (bicyclic) bond motifs is 1. The van der Waals surface area contributed by atoms with Gasteiger partial charge in [-0.15, -0.1) is 0 Å². The Bertz CT molecular complexity index is 1100. The summed E-state index contributed by atoms with van der Waals surface area (Å²) >= 11 is 0. The smallest absolute Gasteiger partial charge is 0.232 e. The first-order valence-electron chi connectivity index (χ1n) is 12.3. The normalized spacial score (nSPS) is 25.2. The monoisotopic (exact) mass is 476 g/mol. The number of nitrogens with zero attached hydrogens (tertiary/aromatic N) is 6. The van der Waals surface area contributed by atoms with E-state index >= 15 is 0 Å². The summed E-state index contributed by atoms with van der Waals surface area (Å²) in [5.74, 6) is 1.78. The molecule has 2 aliphatic rings. The van der Waals surface area contributed by atoms with Gasteiger partial charge in [-0.2, -0.15) is 15.0 Å². The van der Waals surface area contributed by atoms with Gasteiger partial charge in [0.05, 0.1) is 0 Å². The van der Waals surface area contributed by atoms with Gasteiger partial charge >= 0.3 is 0 Å². The molecule has 0 amide bonds. The molecule has 2 aliphatic heterocycles. The highest BCUT2D eigenvalue weighted by Gasteiger charge is 2.29. The van der Waals surface area contributed by atoms with Gasteiger partial charge in [0.15, 0.2) is 0 Å². The van der Waals surface area contributed by atoms with E-state index in [1.807, 2.05) is 7.05 Å². The molecular formula is C25H36N10. The minimum absolute atomic E-state index is 0.0207. The molecular weight excluding hydrogens is 440 g/mol. The lowest BCUT2D eigenvalue weighted by Crippen LogP contribution is -2.54. The van der Waals surface area contributed by atoms with Gasteiger partial charge in [0, 0.05) is 63.9 Å². The molecule has 8 N–H and O–H groups in total. The van der Waals surface area contributed by atoms with Crippen molar-refractivity contribution >= 4 is 28.6 Å². The van der Waals surface area contributed by atoms with Crippen LogP contribution in [0.15, 0.2) is 42.5 Å². The third-order valence-electron chi connectivity index (χ3n) is 6.83. The molecule has 3 aromatic rings. The Balaban J connectivity index is 1.50. The molecule has 0 unspecified atom stereocenters. The van der Waals surface area contributed by atoms with Crippen molar-refractivity contribution in [2.45, 2.75) is 43.6 Å². The average molecular weight is 477 g/mol. The van der Waals surface area contributed by atoms with Crippen LogP contribution in [0.4, 0.5) is 17.8 Å². The number of rotatable bonds is 5. The third-order valence-corrected chi connectivity index (χ3v) is 6.83. The van der Waals surface area contributed by atoms with Crippen molar-refractivity contribution in [2.24, 2.45) is 22.9 Å². The van der Waals surface area contributed by atoms with Gasteiger partial charge in [-0.1, -0.05) is 42.5 Å². The third kappa shape index (κ3) is 5.30. The summed E-state index contributed by atoms with van der Waals surface area (Å²) in [5.41, 5.74) is 26.3. The Hall–Kier alpha value is -3.05. The maximum atomic E-state index is 6.28. The topological polar surface area (TPSA) is 152 Å². The highest BCUT2D eigenvalue weighted by atomic mass is 15.4. The second-order valence-electron chi connectivity index (χ2n) is 10.1. The fourth-order valence-corrected chi connectivity index (χ4v) is 5.24. The van der Waals surface area contributed by atoms with E-state index in [1.165, 1.54) is 16.3 Å². The van der Waals surface area contributed by atoms with Crippen molar-refractivity contribution in [3.63, 3.8) is 0 Å². The zero-order valence-corrected chi connectivity index (χ0v) is 20.3. The van der Waals surface area contributed by atoms with Gasteiger partial charge in [0.25, 0.3) is 0 Å². The van der Waals surface area contributed by atoms with E-state index in [0.29, 0.717) is 50.6 Å². The largest absolute Gasteiger partial charge is 0.339 e. The zero-order chi connectivity index (χ0) is 24.5. The van der Waals surface area contributed by atoms with E-state index in [-0.39, 0.29) is 24.2 Å². The Kier molecular flexibility index (Phi) is 6.70. The minimum atomic E-state index is -0.0207. The highest BCUT2D eigenvalue weighted by Crippen LogP contribution is 2.25. The number of hydrogen-bond acceptors (Lipinski definition) is 10. The van der Waals surface area contributed by atoms with E-state index < -0.39 is 0 Å². The van der Waals surface area contributed by atoms with Gasteiger partial charge in [0.2, 0.25) is 17.8 Å². The first-order chi connectivity index (χ1) is 16.9. The molecule has 10 nitrogen and oxygen atoms in total. The van der Waals surface area contributed by atoms with Gasteiger partial charge in [-0.3, -0.25) is 0 Å². The second kappa shape index (κ2) is 9.90. The van der Waals surface area contributed by atoms with Crippen LogP contribution in [0.2, 0.25) is 0 Å². The molecule has 0 saturated carbocycles. The van der Waals surface area contributed by atoms with Crippen LogP contribution >= 0.6 is 0 Å². The summed E-state index contributed by atoms with van der Waals surface area (Å²) in [5, 5.41) is 2.43. The van der Waals surface area contributed by atoms with E-state index in [0.717, 1.165) is 12.8 Å².